The van der Waals surface area contributed by atoms with E-state index in [0.717, 1.165) is 11.1 Å². The molecule has 2 heterocycles. The van der Waals surface area contributed by atoms with Crippen LogP contribution in [-0.4, -0.2) is 30.9 Å². The van der Waals surface area contributed by atoms with Crippen LogP contribution in [0, 0.1) is 0 Å². The molecule has 2 aromatic carbocycles. The smallest absolute Gasteiger partial charge is 0.259 e. The molecule has 7 nitrogen and oxygen atoms in total. The zero-order chi connectivity index (χ0) is 17.9. The molecule has 7 heteroatoms. The van der Waals surface area contributed by atoms with Crippen LogP contribution in [0.4, 0.5) is 5.69 Å². The summed E-state index contributed by atoms with van der Waals surface area (Å²) in [6.45, 7) is 0. The molecule has 26 heavy (non-hydrogen) atoms. The minimum Gasteiger partial charge on any atom is -0.322 e. The van der Waals surface area contributed by atoms with E-state index in [-0.39, 0.29) is 5.91 Å². The first-order valence-corrected chi connectivity index (χ1v) is 8.07. The third-order valence-electron chi connectivity index (χ3n) is 3.92. The van der Waals surface area contributed by atoms with Gasteiger partial charge in [0.1, 0.15) is 6.33 Å². The molecule has 0 bridgehead atoms. The van der Waals surface area contributed by atoms with Crippen molar-refractivity contribution in [1.82, 2.24) is 25.0 Å². The number of carbonyl (C=O) groups is 1. The predicted octanol–water partition coefficient (Wildman–Crippen LogP) is 3.12. The van der Waals surface area contributed by atoms with Crippen LogP contribution in [0.25, 0.3) is 22.6 Å². The molecule has 2 aromatic heterocycles. The quantitative estimate of drug-likeness (QED) is 0.595. The van der Waals surface area contributed by atoms with Gasteiger partial charge in [-0.1, -0.05) is 42.5 Å². The average molecular weight is 344 g/mol. The molecule has 0 radical (unpaired) electrons. The lowest BCUT2D eigenvalue weighted by molar-refractivity contribution is 0.102. The van der Waals surface area contributed by atoms with Crippen molar-refractivity contribution >= 4 is 11.6 Å². The second kappa shape index (κ2) is 6.64. The van der Waals surface area contributed by atoms with Gasteiger partial charge in [-0.3, -0.25) is 14.6 Å². The summed E-state index contributed by atoms with van der Waals surface area (Å²) in [7, 11) is 1.81. The minimum absolute atomic E-state index is 0.233. The number of aromatic amines is 1. The Morgan fingerprint density at radius 2 is 1.88 bits per heavy atom. The van der Waals surface area contributed by atoms with Crippen LogP contribution >= 0.6 is 0 Å². The maximum absolute atomic E-state index is 12.7. The molecule has 1 amide bonds. The molecule has 0 saturated heterocycles. The number of aromatic nitrogens is 5. The predicted molar refractivity (Wildman–Crippen MR) is 98.4 cm³/mol. The molecule has 0 aliphatic heterocycles. The number of anilines is 1. The number of hydrogen-bond acceptors (Lipinski definition) is 4. The highest BCUT2D eigenvalue weighted by Gasteiger charge is 2.15. The number of nitrogens with zero attached hydrogens (tertiary/aromatic N) is 4. The number of H-pyrrole nitrogens is 1. The van der Waals surface area contributed by atoms with E-state index in [0.29, 0.717) is 22.8 Å². The lowest BCUT2D eigenvalue weighted by Gasteiger charge is -2.07. The van der Waals surface area contributed by atoms with Crippen molar-refractivity contribution in [3.8, 4) is 22.6 Å². The third-order valence-corrected chi connectivity index (χ3v) is 3.92. The van der Waals surface area contributed by atoms with E-state index < -0.39 is 0 Å². The molecule has 0 aliphatic rings. The Morgan fingerprint density at radius 1 is 1.08 bits per heavy atom. The second-order valence-corrected chi connectivity index (χ2v) is 5.80. The fraction of sp³-hybridized carbons (Fsp3) is 0.0526. The van der Waals surface area contributed by atoms with Crippen molar-refractivity contribution in [3.63, 3.8) is 0 Å². The van der Waals surface area contributed by atoms with E-state index in [1.165, 1.54) is 6.20 Å². The summed E-state index contributed by atoms with van der Waals surface area (Å²) in [5.41, 5.74) is 3.57. The molecule has 128 valence electrons. The monoisotopic (exact) mass is 344 g/mol. The molecule has 0 aliphatic carbocycles. The molecule has 0 atom stereocenters. The first-order chi connectivity index (χ1) is 12.7. The van der Waals surface area contributed by atoms with Gasteiger partial charge in [0.15, 0.2) is 5.82 Å². The Bertz CT molecular complexity index is 1050. The van der Waals surface area contributed by atoms with Crippen LogP contribution in [0.3, 0.4) is 0 Å². The molecule has 4 aromatic rings. The van der Waals surface area contributed by atoms with E-state index in [1.54, 1.807) is 11.0 Å². The standard InChI is InChI=1S/C19H16N6O/c1-25-12-20-18(24-25)14-8-5-9-15(10-14)22-19(26)16-11-21-23-17(16)13-6-3-2-4-7-13/h2-12H,1H3,(H,21,23)(H,22,26). The number of aryl methyl sites for hydroxylation is 1. The van der Waals surface area contributed by atoms with Gasteiger partial charge >= 0.3 is 0 Å². The summed E-state index contributed by atoms with van der Waals surface area (Å²) >= 11 is 0. The number of hydrogen-bond donors (Lipinski definition) is 2. The number of carbonyl (C=O) groups excluding carboxylic acids is 1. The van der Waals surface area contributed by atoms with Crippen molar-refractivity contribution in [3.05, 3.63) is 72.7 Å². The summed E-state index contributed by atoms with van der Waals surface area (Å²) in [5, 5.41) is 14.1. The largest absolute Gasteiger partial charge is 0.322 e. The maximum Gasteiger partial charge on any atom is 0.259 e. The van der Waals surface area contributed by atoms with Gasteiger partial charge in [0.25, 0.3) is 5.91 Å². The zero-order valence-corrected chi connectivity index (χ0v) is 14.0. The topological polar surface area (TPSA) is 88.5 Å². The summed E-state index contributed by atoms with van der Waals surface area (Å²) in [4.78, 5) is 16.9. The van der Waals surface area contributed by atoms with Crippen molar-refractivity contribution in [2.45, 2.75) is 0 Å². The fourth-order valence-corrected chi connectivity index (χ4v) is 2.69. The Balaban J connectivity index is 1.59. The number of rotatable bonds is 4. The van der Waals surface area contributed by atoms with E-state index in [4.69, 9.17) is 0 Å². The van der Waals surface area contributed by atoms with E-state index in [1.807, 2.05) is 61.6 Å². The normalized spacial score (nSPS) is 10.7. The Kier molecular flexibility index (Phi) is 4.03. The third kappa shape index (κ3) is 3.10. The van der Waals surface area contributed by atoms with Gasteiger partial charge in [-0.05, 0) is 12.1 Å². The molecular weight excluding hydrogens is 328 g/mol. The van der Waals surface area contributed by atoms with Gasteiger partial charge in [-0.2, -0.15) is 10.2 Å². The van der Waals surface area contributed by atoms with Crippen molar-refractivity contribution in [2.75, 3.05) is 5.32 Å². The zero-order valence-electron chi connectivity index (χ0n) is 14.0. The summed E-state index contributed by atoms with van der Waals surface area (Å²) in [6.07, 6.45) is 3.17. The van der Waals surface area contributed by atoms with Gasteiger partial charge in [-0.25, -0.2) is 4.98 Å². The molecule has 2 N–H and O–H groups in total. The highest BCUT2D eigenvalue weighted by molar-refractivity contribution is 6.08. The highest BCUT2D eigenvalue weighted by Crippen LogP contribution is 2.23. The van der Waals surface area contributed by atoms with Crippen molar-refractivity contribution < 1.29 is 4.79 Å². The molecule has 0 unspecified atom stereocenters. The fourth-order valence-electron chi connectivity index (χ4n) is 2.69. The lowest BCUT2D eigenvalue weighted by atomic mass is 10.1. The summed E-state index contributed by atoms with van der Waals surface area (Å²) in [5.74, 6) is 0.376. The Hall–Kier alpha value is -3.74. The second-order valence-electron chi connectivity index (χ2n) is 5.80. The van der Waals surface area contributed by atoms with E-state index in [9.17, 15) is 4.79 Å². The van der Waals surface area contributed by atoms with Crippen molar-refractivity contribution in [2.24, 2.45) is 7.05 Å². The highest BCUT2D eigenvalue weighted by atomic mass is 16.1. The molecule has 0 saturated carbocycles. The Morgan fingerprint density at radius 3 is 2.65 bits per heavy atom. The van der Waals surface area contributed by atoms with Crippen LogP contribution in [0.2, 0.25) is 0 Å². The van der Waals surface area contributed by atoms with Crippen LogP contribution < -0.4 is 5.32 Å². The average Bonchev–Trinajstić information content (AvgIpc) is 3.32. The van der Waals surface area contributed by atoms with Gasteiger partial charge in [-0.15, -0.1) is 0 Å². The first-order valence-electron chi connectivity index (χ1n) is 8.07. The molecule has 4 rings (SSSR count). The first kappa shape index (κ1) is 15.8. The van der Waals surface area contributed by atoms with Crippen LogP contribution in [0.1, 0.15) is 10.4 Å². The number of nitrogens with one attached hydrogen (secondary N) is 2. The van der Waals surface area contributed by atoms with Crippen LogP contribution in [0.5, 0.6) is 0 Å². The molecule has 0 fully saturated rings. The van der Waals surface area contributed by atoms with E-state index >= 15 is 0 Å². The number of benzene rings is 2. The lowest BCUT2D eigenvalue weighted by Crippen LogP contribution is -2.12. The summed E-state index contributed by atoms with van der Waals surface area (Å²) < 4.78 is 1.64. The van der Waals surface area contributed by atoms with Crippen molar-refractivity contribution in [1.29, 1.82) is 0 Å². The number of amides is 1. The summed E-state index contributed by atoms with van der Waals surface area (Å²) in [6, 6.07) is 17.0. The maximum atomic E-state index is 12.7. The minimum atomic E-state index is -0.233. The van der Waals surface area contributed by atoms with Gasteiger partial charge in [0.05, 0.1) is 17.5 Å². The Labute approximate surface area is 149 Å². The van der Waals surface area contributed by atoms with Crippen LogP contribution in [-0.2, 0) is 7.05 Å². The van der Waals surface area contributed by atoms with Gasteiger partial charge < -0.3 is 5.32 Å². The van der Waals surface area contributed by atoms with Gasteiger partial charge in [0, 0.05) is 23.9 Å². The SMILES string of the molecule is Cn1cnc(-c2cccc(NC(=O)c3cn[nH]c3-c3ccccc3)c2)n1. The molecular formula is C19H16N6O. The van der Waals surface area contributed by atoms with Gasteiger partial charge in [0.2, 0.25) is 0 Å². The van der Waals surface area contributed by atoms with E-state index in [2.05, 4.69) is 25.6 Å². The van der Waals surface area contributed by atoms with Crippen LogP contribution in [0.15, 0.2) is 67.1 Å². The molecule has 0 spiro atoms.